The van der Waals surface area contributed by atoms with Crippen molar-refractivity contribution in [2.24, 2.45) is 0 Å². The molecular weight excluding hydrogens is 292 g/mol. The van der Waals surface area contributed by atoms with Crippen LogP contribution in [0.3, 0.4) is 0 Å². The molecule has 0 aliphatic heterocycles. The quantitative estimate of drug-likeness (QED) is 0.507. The molecule has 5 heteroatoms. The molecule has 4 rings (SSSR count). The van der Waals surface area contributed by atoms with E-state index in [1.165, 1.54) is 10.8 Å². The van der Waals surface area contributed by atoms with Crippen LogP contribution >= 0.6 is 0 Å². The third-order valence-corrected chi connectivity index (χ3v) is 3.79. The van der Waals surface area contributed by atoms with Crippen molar-refractivity contribution in [3.63, 3.8) is 0 Å². The summed E-state index contributed by atoms with van der Waals surface area (Å²) in [6.07, 6.45) is 1.49. The van der Waals surface area contributed by atoms with Crippen molar-refractivity contribution in [1.82, 2.24) is 9.55 Å². The minimum atomic E-state index is -0.486. The van der Waals surface area contributed by atoms with E-state index in [0.717, 1.165) is 5.56 Å². The van der Waals surface area contributed by atoms with Crippen molar-refractivity contribution >= 4 is 22.1 Å². The summed E-state index contributed by atoms with van der Waals surface area (Å²) < 4.78 is 6.95. The van der Waals surface area contributed by atoms with Gasteiger partial charge in [-0.1, -0.05) is 29.8 Å². The molecule has 0 fully saturated rings. The van der Waals surface area contributed by atoms with E-state index in [1.807, 2.05) is 31.2 Å². The van der Waals surface area contributed by atoms with Crippen molar-refractivity contribution in [3.05, 3.63) is 81.0 Å². The normalized spacial score (nSPS) is 11.2. The van der Waals surface area contributed by atoms with Crippen LogP contribution in [0.25, 0.3) is 27.8 Å². The molecular formula is C18H12N2O3. The average Bonchev–Trinajstić information content (AvgIpc) is 2.56. The molecule has 2 aromatic heterocycles. The summed E-state index contributed by atoms with van der Waals surface area (Å²) in [7, 11) is 0. The summed E-state index contributed by atoms with van der Waals surface area (Å²) >= 11 is 0. The minimum Gasteiger partial charge on any atom is -0.437 e. The van der Waals surface area contributed by atoms with Crippen LogP contribution in [0, 0.1) is 6.92 Å². The number of fused-ring (bicyclic) bond motifs is 2. The fourth-order valence-corrected chi connectivity index (χ4v) is 2.56. The highest BCUT2D eigenvalue weighted by molar-refractivity contribution is 5.87. The zero-order chi connectivity index (χ0) is 16.0. The smallest absolute Gasteiger partial charge is 0.355 e. The number of aryl methyl sites for hydroxylation is 1. The fourth-order valence-electron chi connectivity index (χ4n) is 2.56. The first-order chi connectivity index (χ1) is 11.1. The first kappa shape index (κ1) is 13.5. The molecule has 0 amide bonds. The van der Waals surface area contributed by atoms with Gasteiger partial charge < -0.3 is 4.42 Å². The minimum absolute atomic E-state index is 0.0575. The van der Waals surface area contributed by atoms with Crippen molar-refractivity contribution in [1.29, 1.82) is 0 Å². The van der Waals surface area contributed by atoms with E-state index in [4.69, 9.17) is 4.42 Å². The number of hydrogen-bond donors (Lipinski definition) is 0. The van der Waals surface area contributed by atoms with Gasteiger partial charge >= 0.3 is 5.69 Å². The van der Waals surface area contributed by atoms with E-state index < -0.39 is 5.69 Å². The summed E-state index contributed by atoms with van der Waals surface area (Å²) in [5, 5.41) is 0.750. The highest BCUT2D eigenvalue weighted by Gasteiger charge is 2.11. The molecule has 0 N–H and O–H groups in total. The highest BCUT2D eigenvalue weighted by atomic mass is 16.3. The predicted molar refractivity (Wildman–Crippen MR) is 88.1 cm³/mol. The molecule has 0 atom stereocenters. The molecule has 0 aliphatic carbocycles. The van der Waals surface area contributed by atoms with Crippen LogP contribution in [0.15, 0.2) is 68.7 Å². The van der Waals surface area contributed by atoms with E-state index in [-0.39, 0.29) is 16.5 Å². The van der Waals surface area contributed by atoms with Gasteiger partial charge in [0.05, 0.1) is 11.1 Å². The van der Waals surface area contributed by atoms with Crippen molar-refractivity contribution in [3.8, 4) is 5.69 Å². The lowest BCUT2D eigenvalue weighted by Gasteiger charge is -2.07. The van der Waals surface area contributed by atoms with Gasteiger partial charge in [-0.25, -0.2) is 4.79 Å². The molecule has 0 spiro atoms. The average molecular weight is 304 g/mol. The number of benzene rings is 2. The van der Waals surface area contributed by atoms with Crippen LogP contribution in [0.2, 0.25) is 0 Å². The van der Waals surface area contributed by atoms with Gasteiger partial charge in [0, 0.05) is 6.20 Å². The second-order valence-corrected chi connectivity index (χ2v) is 5.38. The molecule has 2 heterocycles. The summed E-state index contributed by atoms with van der Waals surface area (Å²) in [4.78, 5) is 28.8. The van der Waals surface area contributed by atoms with Gasteiger partial charge in [-0.3, -0.25) is 9.36 Å². The standard InChI is InChI=1S/C18H12N2O3/c1-11-6-8-12(9-7-11)20-10-14-16(21)13-4-2-3-5-15(13)23-17(14)19-18(20)22/h2-10H,1H3. The van der Waals surface area contributed by atoms with Crippen LogP contribution in [0.5, 0.6) is 0 Å². The molecule has 23 heavy (non-hydrogen) atoms. The Hall–Kier alpha value is -3.21. The number of rotatable bonds is 1. The second kappa shape index (κ2) is 4.91. The molecule has 0 bridgehead atoms. The maximum absolute atomic E-state index is 12.6. The summed E-state index contributed by atoms with van der Waals surface area (Å²) in [5.41, 5.74) is 1.53. The van der Waals surface area contributed by atoms with E-state index in [0.29, 0.717) is 16.7 Å². The number of aromatic nitrogens is 2. The van der Waals surface area contributed by atoms with E-state index in [9.17, 15) is 9.59 Å². The molecule has 4 aromatic rings. The predicted octanol–water partition coefficient (Wildman–Crippen LogP) is 2.80. The zero-order valence-electron chi connectivity index (χ0n) is 12.3. The Labute approximate surface area is 130 Å². The SMILES string of the molecule is Cc1ccc(-n2cc3c(=O)c4ccccc4oc3nc2=O)cc1. The fraction of sp³-hybridized carbons (Fsp3) is 0.0556. The van der Waals surface area contributed by atoms with Crippen molar-refractivity contribution < 1.29 is 4.42 Å². The lowest BCUT2D eigenvalue weighted by molar-refractivity contribution is 0.638. The van der Waals surface area contributed by atoms with E-state index in [1.54, 1.807) is 24.3 Å². The molecule has 0 unspecified atom stereocenters. The van der Waals surface area contributed by atoms with Crippen LogP contribution in [0.1, 0.15) is 5.56 Å². The Balaban J connectivity index is 2.08. The first-order valence-corrected chi connectivity index (χ1v) is 7.16. The summed E-state index contributed by atoms with van der Waals surface area (Å²) in [5.74, 6) is 0. The van der Waals surface area contributed by atoms with Crippen molar-refractivity contribution in [2.75, 3.05) is 0 Å². The molecule has 0 saturated heterocycles. The maximum atomic E-state index is 12.6. The number of hydrogen-bond acceptors (Lipinski definition) is 4. The van der Waals surface area contributed by atoms with Crippen LogP contribution in [-0.4, -0.2) is 9.55 Å². The van der Waals surface area contributed by atoms with Gasteiger partial charge in [-0.05, 0) is 31.2 Å². The Morgan fingerprint density at radius 1 is 0.957 bits per heavy atom. The Morgan fingerprint density at radius 3 is 2.48 bits per heavy atom. The van der Waals surface area contributed by atoms with Gasteiger partial charge in [-0.15, -0.1) is 0 Å². The summed E-state index contributed by atoms with van der Waals surface area (Å²) in [6.45, 7) is 1.96. The van der Waals surface area contributed by atoms with Crippen LogP contribution in [-0.2, 0) is 0 Å². The first-order valence-electron chi connectivity index (χ1n) is 7.16. The number of nitrogens with zero attached hydrogens (tertiary/aromatic N) is 2. The maximum Gasteiger partial charge on any atom is 0.355 e. The molecule has 112 valence electrons. The van der Waals surface area contributed by atoms with Gasteiger partial charge in [-0.2, -0.15) is 4.98 Å². The van der Waals surface area contributed by atoms with Crippen molar-refractivity contribution in [2.45, 2.75) is 6.92 Å². The molecule has 5 nitrogen and oxygen atoms in total. The molecule has 0 saturated carbocycles. The molecule has 0 radical (unpaired) electrons. The Bertz CT molecular complexity index is 1150. The van der Waals surface area contributed by atoms with Crippen LogP contribution < -0.4 is 11.1 Å². The summed E-state index contributed by atoms with van der Waals surface area (Å²) in [6, 6.07) is 14.3. The van der Waals surface area contributed by atoms with Gasteiger partial charge in [0.15, 0.2) is 0 Å². The van der Waals surface area contributed by atoms with Gasteiger partial charge in [0.2, 0.25) is 11.1 Å². The lowest BCUT2D eigenvalue weighted by atomic mass is 10.2. The van der Waals surface area contributed by atoms with E-state index in [2.05, 4.69) is 4.98 Å². The van der Waals surface area contributed by atoms with Crippen LogP contribution in [0.4, 0.5) is 0 Å². The number of para-hydroxylation sites is 1. The molecule has 2 aromatic carbocycles. The van der Waals surface area contributed by atoms with Gasteiger partial charge in [0.1, 0.15) is 11.0 Å². The van der Waals surface area contributed by atoms with Gasteiger partial charge in [0.25, 0.3) is 0 Å². The lowest BCUT2D eigenvalue weighted by Crippen LogP contribution is -2.22. The third kappa shape index (κ3) is 2.14. The topological polar surface area (TPSA) is 65.1 Å². The zero-order valence-corrected chi connectivity index (χ0v) is 12.3. The third-order valence-electron chi connectivity index (χ3n) is 3.79. The Morgan fingerprint density at radius 2 is 1.70 bits per heavy atom. The second-order valence-electron chi connectivity index (χ2n) is 5.38. The van der Waals surface area contributed by atoms with E-state index >= 15 is 0 Å². The molecule has 0 aliphatic rings. The Kier molecular flexibility index (Phi) is 2.87. The largest absolute Gasteiger partial charge is 0.437 e. The monoisotopic (exact) mass is 304 g/mol. The highest BCUT2D eigenvalue weighted by Crippen LogP contribution is 2.16.